The summed E-state index contributed by atoms with van der Waals surface area (Å²) in [6, 6.07) is 15.9. The van der Waals surface area contributed by atoms with Gasteiger partial charge in [-0.15, -0.1) is 0 Å². The summed E-state index contributed by atoms with van der Waals surface area (Å²) in [6.45, 7) is 4.30. The average Bonchev–Trinajstić information content (AvgIpc) is 3.43. The number of hydrogen-bond donors (Lipinski definition) is 1. The molecule has 0 spiro atoms. The van der Waals surface area contributed by atoms with E-state index in [4.69, 9.17) is 9.47 Å². The molecule has 5 nitrogen and oxygen atoms in total. The second-order valence-corrected chi connectivity index (χ2v) is 7.74. The Bertz CT molecular complexity index is 1110. The van der Waals surface area contributed by atoms with E-state index >= 15 is 0 Å². The van der Waals surface area contributed by atoms with Gasteiger partial charge in [0, 0.05) is 13.2 Å². The molecule has 1 aromatic heterocycles. The highest BCUT2D eigenvalue weighted by atomic mass is 16.7. The van der Waals surface area contributed by atoms with Crippen molar-refractivity contribution in [3.05, 3.63) is 71.4 Å². The van der Waals surface area contributed by atoms with E-state index in [1.54, 1.807) is 0 Å². The van der Waals surface area contributed by atoms with Gasteiger partial charge in [0.1, 0.15) is 5.82 Å². The monoisotopic (exact) mass is 388 g/mol. The number of fused-ring (bicyclic) bond motifs is 1. The van der Waals surface area contributed by atoms with Crippen LogP contribution in [0.5, 0.6) is 11.5 Å². The molecule has 1 N–H and O–H groups in total. The Morgan fingerprint density at radius 3 is 2.55 bits per heavy atom. The average molecular weight is 388 g/mol. The van der Waals surface area contributed by atoms with Gasteiger partial charge in [-0.1, -0.05) is 36.4 Å². The number of aromatic nitrogens is 1. The van der Waals surface area contributed by atoms with E-state index in [2.05, 4.69) is 29.4 Å². The molecule has 29 heavy (non-hydrogen) atoms. The molecule has 5 heteroatoms. The first-order chi connectivity index (χ1) is 14.1. The predicted molar refractivity (Wildman–Crippen MR) is 113 cm³/mol. The number of rotatable bonds is 4. The molecule has 2 aromatic carbocycles. The lowest BCUT2D eigenvalue weighted by atomic mass is 9.94. The Labute approximate surface area is 171 Å². The number of nitrogens with one attached hydrogen (secondary N) is 1. The fraction of sp³-hybridized carbons (Fsp3) is 0.250. The number of ether oxygens (including phenoxy) is 2. The molecule has 1 saturated carbocycles. The number of carbonyl (C=O) groups excluding carboxylic acids is 1. The zero-order chi connectivity index (χ0) is 20.0. The third-order valence-electron chi connectivity index (χ3n) is 6.07. The zero-order valence-electron chi connectivity index (χ0n) is 16.5. The normalized spacial score (nSPS) is 15.8. The topological polar surface area (TPSA) is 60.5 Å². The van der Waals surface area contributed by atoms with Gasteiger partial charge in [-0.25, -0.2) is 4.98 Å². The molecule has 148 valence electrons. The quantitative estimate of drug-likeness (QED) is 0.682. The number of benzene rings is 2. The highest BCUT2D eigenvalue weighted by Crippen LogP contribution is 2.51. The molecule has 0 radical (unpaired) electrons. The van der Waals surface area contributed by atoms with Crippen LogP contribution in [0, 0.1) is 13.8 Å². The minimum absolute atomic E-state index is 0. The van der Waals surface area contributed by atoms with Gasteiger partial charge < -0.3 is 14.8 Å². The fourth-order valence-electron chi connectivity index (χ4n) is 3.93. The summed E-state index contributed by atoms with van der Waals surface area (Å²) >= 11 is 0. The summed E-state index contributed by atoms with van der Waals surface area (Å²) in [4.78, 5) is 17.8. The highest BCUT2D eigenvalue weighted by molar-refractivity contribution is 6.01. The molecule has 0 bridgehead atoms. The molecule has 3 aromatic rings. The van der Waals surface area contributed by atoms with Gasteiger partial charge in [0.05, 0.1) is 5.41 Å². The first-order valence-corrected chi connectivity index (χ1v) is 9.82. The molecule has 1 aliphatic carbocycles. The van der Waals surface area contributed by atoms with Crippen molar-refractivity contribution in [1.82, 2.24) is 4.98 Å². The first kappa shape index (κ1) is 17.7. The van der Waals surface area contributed by atoms with E-state index in [1.807, 2.05) is 49.5 Å². The summed E-state index contributed by atoms with van der Waals surface area (Å²) in [5.41, 5.74) is 4.77. The van der Waals surface area contributed by atoms with Crippen molar-refractivity contribution in [2.45, 2.75) is 32.1 Å². The number of amides is 1. The molecule has 0 atom stereocenters. The van der Waals surface area contributed by atoms with Crippen molar-refractivity contribution in [1.29, 1.82) is 0 Å². The van der Waals surface area contributed by atoms with Crippen LogP contribution in [0.1, 0.15) is 31.0 Å². The van der Waals surface area contributed by atoms with Crippen molar-refractivity contribution >= 4 is 11.7 Å². The standard InChI is InChI=1S/C24H22N2O3.H2/c1-15-16(2)22(25-13-19(15)17-6-4-3-5-7-17)26-23(27)24(10-11-24)18-8-9-20-21(12-18)29-14-28-20;/h3-9,12-13H,10-11,14H2,1-2H3,(H,25,26,27);1H. The highest BCUT2D eigenvalue weighted by Gasteiger charge is 2.52. The van der Waals surface area contributed by atoms with Gasteiger partial charge in [0.2, 0.25) is 12.7 Å². The fourth-order valence-corrected chi connectivity index (χ4v) is 3.93. The molecule has 1 aliphatic heterocycles. The van der Waals surface area contributed by atoms with Crippen LogP contribution >= 0.6 is 0 Å². The maximum absolute atomic E-state index is 13.2. The maximum atomic E-state index is 13.2. The van der Waals surface area contributed by atoms with Gasteiger partial charge >= 0.3 is 0 Å². The molecule has 0 unspecified atom stereocenters. The largest absolute Gasteiger partial charge is 0.454 e. The third-order valence-corrected chi connectivity index (χ3v) is 6.07. The molecular weight excluding hydrogens is 364 g/mol. The van der Waals surface area contributed by atoms with E-state index < -0.39 is 5.41 Å². The van der Waals surface area contributed by atoms with Crippen LogP contribution in [0.15, 0.2) is 54.7 Å². The Hall–Kier alpha value is -3.34. The van der Waals surface area contributed by atoms with Crippen LogP contribution in [0.25, 0.3) is 11.1 Å². The van der Waals surface area contributed by atoms with E-state index in [9.17, 15) is 4.79 Å². The Kier molecular flexibility index (Phi) is 4.05. The number of anilines is 1. The van der Waals surface area contributed by atoms with Crippen LogP contribution in [0.3, 0.4) is 0 Å². The lowest BCUT2D eigenvalue weighted by Crippen LogP contribution is -2.28. The maximum Gasteiger partial charge on any atom is 0.236 e. The van der Waals surface area contributed by atoms with E-state index in [-0.39, 0.29) is 14.1 Å². The van der Waals surface area contributed by atoms with E-state index in [0.29, 0.717) is 11.6 Å². The number of nitrogens with zero attached hydrogens (tertiary/aromatic N) is 1. The van der Waals surface area contributed by atoms with Crippen molar-refractivity contribution in [3.63, 3.8) is 0 Å². The minimum atomic E-state index is -0.513. The molecule has 1 fully saturated rings. The Morgan fingerprint density at radius 1 is 1.03 bits per heavy atom. The van der Waals surface area contributed by atoms with Crippen LogP contribution in [0.4, 0.5) is 5.82 Å². The smallest absolute Gasteiger partial charge is 0.236 e. The van der Waals surface area contributed by atoms with Gasteiger partial charge in [-0.2, -0.15) is 0 Å². The summed E-state index contributed by atoms with van der Waals surface area (Å²) in [5, 5.41) is 3.08. The number of hydrogen-bond acceptors (Lipinski definition) is 4. The van der Waals surface area contributed by atoms with Crippen molar-refractivity contribution in [2.75, 3.05) is 12.1 Å². The predicted octanol–water partition coefficient (Wildman–Crippen LogP) is 5.01. The minimum Gasteiger partial charge on any atom is -0.454 e. The molecule has 0 saturated heterocycles. The lowest BCUT2D eigenvalue weighted by Gasteiger charge is -2.18. The lowest BCUT2D eigenvalue weighted by molar-refractivity contribution is -0.118. The summed E-state index contributed by atoms with van der Waals surface area (Å²) in [5.74, 6) is 2.05. The summed E-state index contributed by atoms with van der Waals surface area (Å²) in [7, 11) is 0. The van der Waals surface area contributed by atoms with Gasteiger partial charge in [-0.05, 0) is 61.1 Å². The van der Waals surface area contributed by atoms with Crippen LogP contribution in [0.2, 0.25) is 0 Å². The van der Waals surface area contributed by atoms with Crippen LogP contribution in [-0.4, -0.2) is 17.7 Å². The number of carbonyl (C=O) groups is 1. The molecular formula is C24H24N2O3. The van der Waals surface area contributed by atoms with Gasteiger partial charge in [-0.3, -0.25) is 4.79 Å². The summed E-state index contributed by atoms with van der Waals surface area (Å²) < 4.78 is 10.9. The third kappa shape index (κ3) is 2.94. The number of pyridine rings is 1. The van der Waals surface area contributed by atoms with E-state index in [1.165, 1.54) is 0 Å². The Morgan fingerprint density at radius 2 is 1.79 bits per heavy atom. The van der Waals surface area contributed by atoms with Crippen molar-refractivity contribution in [3.8, 4) is 22.6 Å². The van der Waals surface area contributed by atoms with E-state index in [0.717, 1.165) is 46.4 Å². The Balaban J connectivity index is 0.00000218. The van der Waals surface area contributed by atoms with Crippen molar-refractivity contribution in [2.24, 2.45) is 0 Å². The molecule has 2 aliphatic rings. The molecule has 2 heterocycles. The van der Waals surface area contributed by atoms with Crippen LogP contribution < -0.4 is 14.8 Å². The van der Waals surface area contributed by atoms with Crippen LogP contribution in [-0.2, 0) is 10.2 Å². The second-order valence-electron chi connectivity index (χ2n) is 7.74. The second kappa shape index (κ2) is 6.62. The van der Waals surface area contributed by atoms with Gasteiger partial charge in [0.25, 0.3) is 0 Å². The zero-order valence-corrected chi connectivity index (χ0v) is 16.5. The molecule has 1 amide bonds. The first-order valence-electron chi connectivity index (χ1n) is 9.82. The SMILES string of the molecule is Cc1c(-c2ccccc2)cnc(NC(=O)C2(c3ccc4c(c3)OCO4)CC2)c1C.[HH]. The van der Waals surface area contributed by atoms with Gasteiger partial charge in [0.15, 0.2) is 11.5 Å². The summed E-state index contributed by atoms with van der Waals surface area (Å²) in [6.07, 6.45) is 3.48. The molecule has 5 rings (SSSR count). The van der Waals surface area contributed by atoms with Crippen molar-refractivity contribution < 1.29 is 15.7 Å².